The monoisotopic (exact) mass is 528 g/mol. The Balaban J connectivity index is 1.44. The molecule has 0 bridgehead atoms. The summed E-state index contributed by atoms with van der Waals surface area (Å²) in [6, 6.07) is 22.5. The average molecular weight is 529 g/mol. The molecule has 3 aromatic rings. The van der Waals surface area contributed by atoms with Gasteiger partial charge in [0.1, 0.15) is 5.75 Å². The fraction of sp³-hybridized carbons (Fsp3) is 0.429. The number of hydrogen-bond acceptors (Lipinski definition) is 4. The van der Waals surface area contributed by atoms with Crippen molar-refractivity contribution in [3.63, 3.8) is 0 Å². The quantitative estimate of drug-likeness (QED) is 0.106. The van der Waals surface area contributed by atoms with Crippen LogP contribution in [-0.2, 0) is 11.2 Å². The first-order chi connectivity index (χ1) is 19.0. The third kappa shape index (κ3) is 10.4. The molecule has 208 valence electrons. The van der Waals surface area contributed by atoms with Gasteiger partial charge >= 0.3 is 11.9 Å². The van der Waals surface area contributed by atoms with Crippen LogP contribution in [0.3, 0.4) is 0 Å². The van der Waals surface area contributed by atoms with Crippen LogP contribution in [0.1, 0.15) is 105 Å². The van der Waals surface area contributed by atoms with E-state index in [-0.39, 0.29) is 11.9 Å². The summed E-state index contributed by atoms with van der Waals surface area (Å²) in [7, 11) is 0. The second-order valence-electron chi connectivity index (χ2n) is 10.5. The van der Waals surface area contributed by atoms with Crippen LogP contribution >= 0.6 is 0 Å². The summed E-state index contributed by atoms with van der Waals surface area (Å²) in [5.41, 5.74) is 4.29. The van der Waals surface area contributed by atoms with E-state index in [0.717, 1.165) is 24.0 Å². The summed E-state index contributed by atoms with van der Waals surface area (Å²) in [6.45, 7) is 6.82. The van der Waals surface area contributed by atoms with E-state index in [1.807, 2.05) is 48.5 Å². The van der Waals surface area contributed by atoms with Crippen LogP contribution < -0.4 is 4.74 Å². The second-order valence-corrected chi connectivity index (χ2v) is 10.5. The Morgan fingerprint density at radius 1 is 0.641 bits per heavy atom. The van der Waals surface area contributed by atoms with Crippen molar-refractivity contribution in [2.75, 3.05) is 6.61 Å². The zero-order valence-electron chi connectivity index (χ0n) is 23.9. The van der Waals surface area contributed by atoms with Crippen LogP contribution in [0, 0.1) is 5.92 Å². The molecule has 1 unspecified atom stereocenters. The van der Waals surface area contributed by atoms with Crippen LogP contribution in [0.2, 0.25) is 0 Å². The maximum absolute atomic E-state index is 12.6. The molecular weight excluding hydrogens is 484 g/mol. The average Bonchev–Trinajstić information content (AvgIpc) is 2.97. The predicted molar refractivity (Wildman–Crippen MR) is 159 cm³/mol. The van der Waals surface area contributed by atoms with E-state index in [1.165, 1.54) is 56.9 Å². The molecule has 4 nitrogen and oxygen atoms in total. The minimum Gasteiger partial charge on any atom is -0.462 e. The molecule has 4 heteroatoms. The standard InChI is InChI=1S/C35H44O4/c1-4-6-7-8-9-10-11-12-13-28-14-16-32(17-15-28)35(37)39-33-24-22-30(23-25-33)29-18-20-31(21-19-29)34(36)38-26-27(3)5-2/h14-25,27H,4-13,26H2,1-3H3. The Hall–Kier alpha value is -3.40. The molecule has 1 atom stereocenters. The molecular formula is C35H44O4. The van der Waals surface area contributed by atoms with E-state index < -0.39 is 0 Å². The Labute approximate surface area is 234 Å². The summed E-state index contributed by atoms with van der Waals surface area (Å²) >= 11 is 0. The van der Waals surface area contributed by atoms with Crippen molar-refractivity contribution in [1.82, 2.24) is 0 Å². The topological polar surface area (TPSA) is 52.6 Å². The summed E-state index contributed by atoms with van der Waals surface area (Å²) in [6.07, 6.45) is 12.5. The Morgan fingerprint density at radius 3 is 1.74 bits per heavy atom. The molecule has 0 fully saturated rings. The number of esters is 2. The number of carbonyl (C=O) groups is 2. The first-order valence-corrected chi connectivity index (χ1v) is 14.7. The van der Waals surface area contributed by atoms with Gasteiger partial charge < -0.3 is 9.47 Å². The van der Waals surface area contributed by atoms with Gasteiger partial charge in [-0.05, 0) is 71.8 Å². The first-order valence-electron chi connectivity index (χ1n) is 14.7. The van der Waals surface area contributed by atoms with Crippen LogP contribution in [0.5, 0.6) is 5.75 Å². The molecule has 0 saturated carbocycles. The molecule has 0 heterocycles. The van der Waals surface area contributed by atoms with Crippen molar-refractivity contribution in [3.8, 4) is 16.9 Å². The molecule has 0 aliphatic heterocycles. The van der Waals surface area contributed by atoms with Crippen molar-refractivity contribution >= 4 is 11.9 Å². The van der Waals surface area contributed by atoms with Crippen molar-refractivity contribution in [1.29, 1.82) is 0 Å². The molecule has 0 N–H and O–H groups in total. The molecule has 0 aromatic heterocycles. The highest BCUT2D eigenvalue weighted by Crippen LogP contribution is 2.24. The van der Waals surface area contributed by atoms with Gasteiger partial charge in [0, 0.05) is 0 Å². The van der Waals surface area contributed by atoms with E-state index in [0.29, 0.717) is 29.4 Å². The minimum atomic E-state index is -0.360. The molecule has 0 aliphatic rings. The maximum Gasteiger partial charge on any atom is 0.343 e. The summed E-state index contributed by atoms with van der Waals surface area (Å²) in [5, 5.41) is 0. The van der Waals surface area contributed by atoms with Gasteiger partial charge in [-0.25, -0.2) is 9.59 Å². The number of hydrogen-bond donors (Lipinski definition) is 0. The van der Waals surface area contributed by atoms with E-state index >= 15 is 0 Å². The number of aryl methyl sites for hydroxylation is 1. The van der Waals surface area contributed by atoms with E-state index in [1.54, 1.807) is 24.3 Å². The number of rotatable bonds is 16. The van der Waals surface area contributed by atoms with E-state index in [2.05, 4.69) is 20.8 Å². The van der Waals surface area contributed by atoms with Crippen LogP contribution in [0.4, 0.5) is 0 Å². The van der Waals surface area contributed by atoms with Gasteiger partial charge in [-0.2, -0.15) is 0 Å². The lowest BCUT2D eigenvalue weighted by Gasteiger charge is -2.10. The first kappa shape index (κ1) is 30.1. The Kier molecular flexibility index (Phi) is 12.8. The highest BCUT2D eigenvalue weighted by Gasteiger charge is 2.11. The van der Waals surface area contributed by atoms with Gasteiger partial charge in [0.25, 0.3) is 0 Å². The number of carbonyl (C=O) groups excluding carboxylic acids is 2. The number of unbranched alkanes of at least 4 members (excludes halogenated alkanes) is 7. The molecule has 0 saturated heterocycles. The largest absolute Gasteiger partial charge is 0.462 e. The second kappa shape index (κ2) is 16.5. The zero-order valence-corrected chi connectivity index (χ0v) is 23.9. The molecule has 39 heavy (non-hydrogen) atoms. The highest BCUT2D eigenvalue weighted by molar-refractivity contribution is 5.91. The normalized spacial score (nSPS) is 11.7. The highest BCUT2D eigenvalue weighted by atomic mass is 16.5. The Morgan fingerprint density at radius 2 is 1.15 bits per heavy atom. The van der Waals surface area contributed by atoms with Crippen molar-refractivity contribution in [2.45, 2.75) is 85.0 Å². The Bertz CT molecular complexity index is 1130. The minimum absolute atomic E-state index is 0.301. The van der Waals surface area contributed by atoms with Crippen LogP contribution in [-0.4, -0.2) is 18.5 Å². The van der Waals surface area contributed by atoms with Crippen molar-refractivity contribution in [2.24, 2.45) is 5.92 Å². The van der Waals surface area contributed by atoms with Crippen molar-refractivity contribution in [3.05, 3.63) is 89.5 Å². The summed E-state index contributed by atoms with van der Waals surface area (Å²) in [4.78, 5) is 24.9. The van der Waals surface area contributed by atoms with Gasteiger partial charge in [-0.1, -0.05) is 109 Å². The lowest BCUT2D eigenvalue weighted by molar-refractivity contribution is 0.0447. The van der Waals surface area contributed by atoms with Crippen LogP contribution in [0.15, 0.2) is 72.8 Å². The molecule has 3 rings (SSSR count). The van der Waals surface area contributed by atoms with E-state index in [9.17, 15) is 9.59 Å². The van der Waals surface area contributed by atoms with E-state index in [4.69, 9.17) is 9.47 Å². The third-order valence-electron chi connectivity index (χ3n) is 7.22. The summed E-state index contributed by atoms with van der Waals surface area (Å²) in [5.74, 6) is 0.189. The lowest BCUT2D eigenvalue weighted by Crippen LogP contribution is -2.11. The van der Waals surface area contributed by atoms with Crippen molar-refractivity contribution < 1.29 is 19.1 Å². The van der Waals surface area contributed by atoms with Gasteiger partial charge in [0.05, 0.1) is 17.7 Å². The fourth-order valence-corrected chi connectivity index (χ4v) is 4.37. The van der Waals surface area contributed by atoms with Gasteiger partial charge in [-0.15, -0.1) is 0 Å². The molecule has 0 radical (unpaired) electrons. The number of ether oxygens (including phenoxy) is 2. The van der Waals surface area contributed by atoms with Gasteiger partial charge in [0.15, 0.2) is 0 Å². The predicted octanol–water partition coefficient (Wildman–Crippen LogP) is 9.46. The molecule has 3 aromatic carbocycles. The third-order valence-corrected chi connectivity index (χ3v) is 7.22. The van der Waals surface area contributed by atoms with Gasteiger partial charge in [0.2, 0.25) is 0 Å². The SMILES string of the molecule is CCCCCCCCCCc1ccc(C(=O)Oc2ccc(-c3ccc(C(=O)OCC(C)CC)cc3)cc2)cc1. The lowest BCUT2D eigenvalue weighted by atomic mass is 10.0. The maximum atomic E-state index is 12.6. The molecule has 0 aliphatic carbocycles. The molecule has 0 amide bonds. The molecule has 0 spiro atoms. The number of benzene rings is 3. The summed E-state index contributed by atoms with van der Waals surface area (Å²) < 4.78 is 11.0. The van der Waals surface area contributed by atoms with Crippen LogP contribution in [0.25, 0.3) is 11.1 Å². The van der Waals surface area contributed by atoms with Gasteiger partial charge in [-0.3, -0.25) is 0 Å². The fourth-order valence-electron chi connectivity index (χ4n) is 4.37. The smallest absolute Gasteiger partial charge is 0.343 e. The zero-order chi connectivity index (χ0) is 27.9.